The van der Waals surface area contributed by atoms with Crippen LogP contribution in [0.5, 0.6) is 5.88 Å². The Morgan fingerprint density at radius 1 is 1.28 bits per heavy atom. The second-order valence-corrected chi connectivity index (χ2v) is 8.26. The van der Waals surface area contributed by atoms with E-state index in [1.54, 1.807) is 0 Å². The average molecular weight is 394 g/mol. The minimum atomic E-state index is -4.32. The molecule has 25 heavy (non-hydrogen) atoms. The molecular weight excluding hydrogens is 379 g/mol. The van der Waals surface area contributed by atoms with Crippen LogP contribution in [0.2, 0.25) is 0 Å². The molecule has 2 aromatic rings. The molecule has 0 radical (unpaired) electrons. The smallest absolute Gasteiger partial charge is 0.325 e. The van der Waals surface area contributed by atoms with Gasteiger partial charge in [-0.1, -0.05) is 11.3 Å². The Morgan fingerprint density at radius 2 is 1.96 bits per heavy atom. The number of aliphatic hydroxyl groups is 2. The van der Waals surface area contributed by atoms with Crippen LogP contribution < -0.4 is 10.6 Å². The van der Waals surface area contributed by atoms with E-state index in [-0.39, 0.29) is 22.7 Å². The first-order valence-electron chi connectivity index (χ1n) is 7.02. The Kier molecular flexibility index (Phi) is 4.58. The number of hydrogen-bond donors (Lipinski definition) is 6. The zero-order valence-corrected chi connectivity index (χ0v) is 14.2. The Bertz CT molecular complexity index is 909. The molecule has 1 fully saturated rings. The van der Waals surface area contributed by atoms with Crippen LogP contribution in [0, 0.1) is 0 Å². The first-order chi connectivity index (χ1) is 11.6. The summed E-state index contributed by atoms with van der Waals surface area (Å²) in [7, 11) is -4.32. The number of aromatic nitrogens is 3. The van der Waals surface area contributed by atoms with Crippen LogP contribution >= 0.6 is 18.9 Å². The molecule has 1 aliphatic rings. The van der Waals surface area contributed by atoms with Gasteiger partial charge in [-0.15, -0.1) is 0 Å². The Labute approximate surface area is 143 Å². The Hall–Kier alpha value is -1.60. The normalized spacial score (nSPS) is 27.2. The summed E-state index contributed by atoms with van der Waals surface area (Å²) < 4.78 is 17.4. The van der Waals surface area contributed by atoms with Crippen LogP contribution in [-0.2, 0) is 9.30 Å². The Morgan fingerprint density at radius 3 is 2.60 bits per heavy atom. The van der Waals surface area contributed by atoms with Gasteiger partial charge in [0.15, 0.2) is 11.9 Å². The number of aromatic hydroxyl groups is 1. The number of thiazole rings is 1. The molecule has 0 aromatic carbocycles. The van der Waals surface area contributed by atoms with Crippen LogP contribution in [0.1, 0.15) is 12.6 Å². The molecule has 1 aliphatic heterocycles. The molecule has 0 spiro atoms. The SMILES string of the molecule is Nc1nc(O)c2sc(=O)n(C3OC(CCP(=O)(O)O)C(O)C3O)c2n1. The number of nitrogens with two attached hydrogens (primary N) is 1. The predicted octanol–water partition coefficient (Wildman–Crippen LogP) is -1.67. The molecule has 14 heteroatoms. The van der Waals surface area contributed by atoms with Crippen molar-refractivity contribution in [2.75, 3.05) is 11.9 Å². The molecule has 3 heterocycles. The van der Waals surface area contributed by atoms with E-state index in [1.165, 1.54) is 0 Å². The molecule has 3 rings (SSSR count). The van der Waals surface area contributed by atoms with Gasteiger partial charge in [0, 0.05) is 0 Å². The summed E-state index contributed by atoms with van der Waals surface area (Å²) in [6.45, 7) is 0. The van der Waals surface area contributed by atoms with Crippen molar-refractivity contribution in [2.24, 2.45) is 0 Å². The lowest BCUT2D eigenvalue weighted by Crippen LogP contribution is -2.33. The molecule has 1 saturated heterocycles. The average Bonchev–Trinajstić information content (AvgIpc) is 2.95. The lowest BCUT2D eigenvalue weighted by molar-refractivity contribution is -0.0365. The monoisotopic (exact) mass is 394 g/mol. The van der Waals surface area contributed by atoms with Gasteiger partial charge in [-0.2, -0.15) is 9.97 Å². The number of fused-ring (bicyclic) bond motifs is 1. The summed E-state index contributed by atoms with van der Waals surface area (Å²) in [5, 5.41) is 30.0. The maximum atomic E-state index is 12.2. The molecule has 138 valence electrons. The number of anilines is 1. The molecule has 0 bridgehead atoms. The molecule has 12 nitrogen and oxygen atoms in total. The van der Waals surface area contributed by atoms with Crippen molar-refractivity contribution in [3.8, 4) is 5.88 Å². The van der Waals surface area contributed by atoms with Gasteiger partial charge in [0.1, 0.15) is 16.9 Å². The van der Waals surface area contributed by atoms with E-state index in [2.05, 4.69) is 9.97 Å². The third-order valence-corrected chi connectivity index (χ3v) is 5.54. The molecule has 0 amide bonds. The third-order valence-electron chi connectivity index (χ3n) is 3.76. The van der Waals surface area contributed by atoms with E-state index < -0.39 is 49.1 Å². The van der Waals surface area contributed by atoms with Crippen molar-refractivity contribution in [3.63, 3.8) is 0 Å². The zero-order chi connectivity index (χ0) is 18.5. The summed E-state index contributed by atoms with van der Waals surface area (Å²) in [5.74, 6) is -0.808. The first-order valence-corrected chi connectivity index (χ1v) is 9.63. The van der Waals surface area contributed by atoms with Gasteiger partial charge < -0.3 is 35.6 Å². The second-order valence-electron chi connectivity index (χ2n) is 5.52. The maximum Gasteiger partial charge on any atom is 0.325 e. The number of aliphatic hydroxyl groups excluding tert-OH is 2. The standard InChI is InChI=1S/C11H15N4O8PS/c12-10-13-7-6(8(18)14-10)25-11(19)15(7)9-5(17)4(16)3(23-9)1-2-24(20,21)22/h3-5,9,16-17H,1-2H2,(H2,20,21,22)(H3,12,13,14,18). The van der Waals surface area contributed by atoms with Crippen molar-refractivity contribution in [1.82, 2.24) is 14.5 Å². The van der Waals surface area contributed by atoms with Crippen LogP contribution in [-0.4, -0.2) is 64.1 Å². The summed E-state index contributed by atoms with van der Waals surface area (Å²) >= 11 is 0.603. The molecule has 0 saturated carbocycles. The summed E-state index contributed by atoms with van der Waals surface area (Å²) in [4.78, 5) is 36.8. The largest absolute Gasteiger partial charge is 0.492 e. The molecule has 0 aliphatic carbocycles. The highest BCUT2D eigenvalue weighted by molar-refractivity contribution is 7.51. The Balaban J connectivity index is 1.97. The third kappa shape index (κ3) is 3.40. The predicted molar refractivity (Wildman–Crippen MR) is 85.2 cm³/mol. The lowest BCUT2D eigenvalue weighted by atomic mass is 10.1. The van der Waals surface area contributed by atoms with Crippen molar-refractivity contribution in [2.45, 2.75) is 31.0 Å². The van der Waals surface area contributed by atoms with Gasteiger partial charge in [0.25, 0.3) is 0 Å². The number of nitrogen functional groups attached to an aromatic ring is 1. The van der Waals surface area contributed by atoms with Crippen LogP contribution in [0.15, 0.2) is 4.79 Å². The highest BCUT2D eigenvalue weighted by Gasteiger charge is 2.45. The van der Waals surface area contributed by atoms with Crippen molar-refractivity contribution in [1.29, 1.82) is 0 Å². The number of nitrogens with zero attached hydrogens (tertiary/aromatic N) is 3. The number of ether oxygens (including phenoxy) is 1. The summed E-state index contributed by atoms with van der Waals surface area (Å²) in [6.07, 6.45) is -6.24. The fourth-order valence-electron chi connectivity index (χ4n) is 2.62. The summed E-state index contributed by atoms with van der Waals surface area (Å²) in [6, 6.07) is 0. The minimum absolute atomic E-state index is 0.0307. The summed E-state index contributed by atoms with van der Waals surface area (Å²) in [5.41, 5.74) is 5.38. The molecule has 4 unspecified atom stereocenters. The highest BCUT2D eigenvalue weighted by atomic mass is 32.1. The van der Waals surface area contributed by atoms with E-state index in [0.717, 1.165) is 4.57 Å². The molecule has 7 N–H and O–H groups in total. The maximum absolute atomic E-state index is 12.2. The van der Waals surface area contributed by atoms with Gasteiger partial charge >= 0.3 is 12.5 Å². The zero-order valence-electron chi connectivity index (χ0n) is 12.5. The van der Waals surface area contributed by atoms with Crippen LogP contribution in [0.4, 0.5) is 5.95 Å². The fraction of sp³-hybridized carbons (Fsp3) is 0.545. The second kappa shape index (κ2) is 6.29. The van der Waals surface area contributed by atoms with Crippen LogP contribution in [0.25, 0.3) is 10.3 Å². The van der Waals surface area contributed by atoms with E-state index in [1.807, 2.05) is 0 Å². The number of hydrogen-bond acceptors (Lipinski definition) is 10. The van der Waals surface area contributed by atoms with Gasteiger partial charge in [0.05, 0.1) is 12.3 Å². The van der Waals surface area contributed by atoms with Crippen molar-refractivity contribution in [3.05, 3.63) is 9.67 Å². The van der Waals surface area contributed by atoms with E-state index >= 15 is 0 Å². The van der Waals surface area contributed by atoms with E-state index in [9.17, 15) is 24.7 Å². The van der Waals surface area contributed by atoms with E-state index in [4.69, 9.17) is 20.3 Å². The van der Waals surface area contributed by atoms with Crippen LogP contribution in [0.3, 0.4) is 0 Å². The van der Waals surface area contributed by atoms with Crippen molar-refractivity contribution >= 4 is 35.2 Å². The van der Waals surface area contributed by atoms with Gasteiger partial charge in [-0.25, -0.2) is 0 Å². The minimum Gasteiger partial charge on any atom is -0.492 e. The topological polar surface area (TPSA) is 201 Å². The first kappa shape index (κ1) is 18.2. The molecular formula is C11H15N4O8PS. The number of rotatable bonds is 4. The van der Waals surface area contributed by atoms with Gasteiger partial charge in [0.2, 0.25) is 11.8 Å². The quantitative estimate of drug-likeness (QED) is 0.324. The fourth-order valence-corrected chi connectivity index (χ4v) is 4.05. The van der Waals surface area contributed by atoms with E-state index in [0.29, 0.717) is 11.3 Å². The molecule has 2 aromatic heterocycles. The van der Waals surface area contributed by atoms with Crippen molar-refractivity contribution < 1.29 is 34.4 Å². The molecule has 4 atom stereocenters. The highest BCUT2D eigenvalue weighted by Crippen LogP contribution is 2.39. The lowest BCUT2D eigenvalue weighted by Gasteiger charge is -2.16. The van der Waals surface area contributed by atoms with Gasteiger partial charge in [-0.05, 0) is 6.42 Å². The van der Waals surface area contributed by atoms with Gasteiger partial charge in [-0.3, -0.25) is 13.9 Å².